The van der Waals surface area contributed by atoms with E-state index in [0.717, 1.165) is 37.6 Å². The Hall–Kier alpha value is -4.41. The molecule has 0 radical (unpaired) electrons. The predicted molar refractivity (Wildman–Crippen MR) is 143 cm³/mol. The lowest BCUT2D eigenvalue weighted by molar-refractivity contribution is -0.115. The van der Waals surface area contributed by atoms with Crippen molar-refractivity contribution in [3.63, 3.8) is 0 Å². The van der Waals surface area contributed by atoms with Gasteiger partial charge in [0, 0.05) is 17.8 Å². The fourth-order valence-corrected chi connectivity index (χ4v) is 5.44. The molecule has 1 saturated carbocycles. The standard InChI is InChI=1S/C28H27F2N7O2/c29-18-6-9-20(10-7-18)32-24-13-11-21-27(34-24)36(16-25(38)33-23-12-8-19(30)15-31-23)26-14-22(35-37(26)28(21)39)17-4-2-1-3-5-17/h6-13,15,17,26H,1-5,14,16H2,(H,32,34)(H,31,33,38). The first-order valence-electron chi connectivity index (χ1n) is 13.1. The third-order valence-corrected chi connectivity index (χ3v) is 7.36. The zero-order valence-corrected chi connectivity index (χ0v) is 21.1. The second kappa shape index (κ2) is 10.4. The molecule has 200 valence electrons. The maximum atomic E-state index is 13.5. The molecule has 1 unspecified atom stereocenters. The lowest BCUT2D eigenvalue weighted by Gasteiger charge is -2.39. The summed E-state index contributed by atoms with van der Waals surface area (Å²) in [5.74, 6) is -0.171. The van der Waals surface area contributed by atoms with Crippen LogP contribution in [0, 0.1) is 17.6 Å². The Bertz CT molecular complexity index is 1420. The van der Waals surface area contributed by atoms with Gasteiger partial charge in [-0.3, -0.25) is 9.59 Å². The van der Waals surface area contributed by atoms with Crippen LogP contribution < -0.4 is 15.5 Å². The Morgan fingerprint density at radius 3 is 2.44 bits per heavy atom. The third kappa shape index (κ3) is 5.16. The molecule has 0 spiro atoms. The summed E-state index contributed by atoms with van der Waals surface area (Å²) < 4.78 is 26.7. The van der Waals surface area contributed by atoms with Gasteiger partial charge in [0.05, 0.1) is 11.8 Å². The molecule has 2 aromatic heterocycles. The number of amides is 2. The average Bonchev–Trinajstić information content (AvgIpc) is 3.40. The topological polar surface area (TPSA) is 103 Å². The molecule has 1 aliphatic carbocycles. The number of rotatable bonds is 6. The fraction of sp³-hybridized carbons (Fsp3) is 0.321. The van der Waals surface area contributed by atoms with Crippen LogP contribution in [0.1, 0.15) is 48.9 Å². The van der Waals surface area contributed by atoms with Gasteiger partial charge in [-0.1, -0.05) is 19.3 Å². The van der Waals surface area contributed by atoms with Crippen molar-refractivity contribution in [3.8, 4) is 0 Å². The number of carbonyl (C=O) groups is 2. The number of nitrogens with one attached hydrogen (secondary N) is 2. The summed E-state index contributed by atoms with van der Waals surface area (Å²) >= 11 is 0. The summed E-state index contributed by atoms with van der Waals surface area (Å²) in [7, 11) is 0. The molecule has 2 aliphatic heterocycles. The maximum absolute atomic E-state index is 13.5. The number of carbonyl (C=O) groups excluding carboxylic acids is 2. The molecule has 2 amide bonds. The van der Waals surface area contributed by atoms with E-state index in [1.54, 1.807) is 29.2 Å². The zero-order chi connectivity index (χ0) is 26.9. The highest BCUT2D eigenvalue weighted by Crippen LogP contribution is 2.38. The van der Waals surface area contributed by atoms with Crippen LogP contribution in [0.25, 0.3) is 0 Å². The van der Waals surface area contributed by atoms with Crippen molar-refractivity contribution in [1.29, 1.82) is 0 Å². The van der Waals surface area contributed by atoms with Crippen molar-refractivity contribution in [2.45, 2.75) is 44.7 Å². The highest BCUT2D eigenvalue weighted by molar-refractivity contribution is 6.05. The van der Waals surface area contributed by atoms with Crippen molar-refractivity contribution in [3.05, 3.63) is 71.9 Å². The highest BCUT2D eigenvalue weighted by atomic mass is 19.1. The number of pyridine rings is 2. The Labute approximate surface area is 223 Å². The highest BCUT2D eigenvalue weighted by Gasteiger charge is 2.45. The molecule has 39 heavy (non-hydrogen) atoms. The predicted octanol–water partition coefficient (Wildman–Crippen LogP) is 5.07. The Balaban J connectivity index is 1.31. The summed E-state index contributed by atoms with van der Waals surface area (Å²) in [6.07, 6.45) is 6.62. The third-order valence-electron chi connectivity index (χ3n) is 7.36. The van der Waals surface area contributed by atoms with Crippen LogP contribution in [0.4, 0.5) is 31.9 Å². The molecule has 1 aromatic carbocycles. The van der Waals surface area contributed by atoms with Gasteiger partial charge in [0.2, 0.25) is 5.91 Å². The number of anilines is 4. The van der Waals surface area contributed by atoms with Crippen molar-refractivity contribution < 1.29 is 18.4 Å². The van der Waals surface area contributed by atoms with E-state index in [9.17, 15) is 18.4 Å². The number of benzene rings is 1. The van der Waals surface area contributed by atoms with Crippen LogP contribution in [-0.4, -0.2) is 45.2 Å². The Morgan fingerprint density at radius 1 is 0.949 bits per heavy atom. The molecule has 1 atom stereocenters. The minimum Gasteiger partial charge on any atom is -0.340 e. The maximum Gasteiger partial charge on any atom is 0.279 e. The van der Waals surface area contributed by atoms with Gasteiger partial charge in [0.1, 0.15) is 41.8 Å². The average molecular weight is 532 g/mol. The molecule has 3 aromatic rings. The number of hydrogen-bond acceptors (Lipinski definition) is 7. The molecule has 2 N–H and O–H groups in total. The molecule has 0 saturated heterocycles. The molecule has 9 nitrogen and oxygen atoms in total. The van der Waals surface area contributed by atoms with Gasteiger partial charge in [-0.25, -0.2) is 23.8 Å². The Kier molecular flexibility index (Phi) is 6.64. The van der Waals surface area contributed by atoms with Gasteiger partial charge in [0.15, 0.2) is 0 Å². The molecule has 6 rings (SSSR count). The molecule has 11 heteroatoms. The second-order valence-corrected chi connectivity index (χ2v) is 10.00. The van der Waals surface area contributed by atoms with Gasteiger partial charge in [-0.2, -0.15) is 5.10 Å². The molecule has 0 bridgehead atoms. The van der Waals surface area contributed by atoms with Gasteiger partial charge in [-0.15, -0.1) is 0 Å². The smallest absolute Gasteiger partial charge is 0.279 e. The first-order valence-corrected chi connectivity index (χ1v) is 13.1. The zero-order valence-electron chi connectivity index (χ0n) is 21.1. The number of aromatic nitrogens is 2. The quantitative estimate of drug-likeness (QED) is 0.461. The monoisotopic (exact) mass is 531 g/mol. The van der Waals surface area contributed by atoms with E-state index >= 15 is 0 Å². The lowest BCUT2D eigenvalue weighted by atomic mass is 9.84. The molecule has 4 heterocycles. The van der Waals surface area contributed by atoms with Crippen molar-refractivity contribution in [2.75, 3.05) is 22.1 Å². The van der Waals surface area contributed by atoms with Gasteiger partial charge in [0.25, 0.3) is 5.91 Å². The molecular weight excluding hydrogens is 504 g/mol. The normalized spacial score (nSPS) is 18.9. The van der Waals surface area contributed by atoms with E-state index in [2.05, 4.69) is 15.6 Å². The SMILES string of the molecule is O=C(CN1c2nc(Nc3ccc(F)cc3)ccc2C(=O)N2N=C(C3CCCCC3)CC21)Nc1ccc(F)cn1. The van der Waals surface area contributed by atoms with Crippen LogP contribution >= 0.6 is 0 Å². The summed E-state index contributed by atoms with van der Waals surface area (Å²) in [6, 6.07) is 11.8. The van der Waals surface area contributed by atoms with Crippen LogP contribution in [0.15, 0.2) is 59.8 Å². The van der Waals surface area contributed by atoms with E-state index in [0.29, 0.717) is 35.2 Å². The number of halogens is 2. The summed E-state index contributed by atoms with van der Waals surface area (Å²) in [6.45, 7) is -0.124. The number of hydrazone groups is 1. The van der Waals surface area contributed by atoms with E-state index in [-0.39, 0.29) is 30.0 Å². The van der Waals surface area contributed by atoms with Crippen LogP contribution in [0.5, 0.6) is 0 Å². The largest absolute Gasteiger partial charge is 0.340 e. The van der Waals surface area contributed by atoms with E-state index < -0.39 is 12.0 Å². The van der Waals surface area contributed by atoms with E-state index in [4.69, 9.17) is 10.1 Å². The summed E-state index contributed by atoms with van der Waals surface area (Å²) in [5, 5.41) is 12.1. The molecular formula is C28H27F2N7O2. The van der Waals surface area contributed by atoms with E-state index in [1.807, 2.05) is 0 Å². The van der Waals surface area contributed by atoms with Crippen LogP contribution in [0.2, 0.25) is 0 Å². The lowest BCUT2D eigenvalue weighted by Crippen LogP contribution is -2.53. The van der Waals surface area contributed by atoms with Crippen molar-refractivity contribution in [1.82, 2.24) is 15.0 Å². The van der Waals surface area contributed by atoms with Crippen molar-refractivity contribution in [2.24, 2.45) is 11.0 Å². The minimum atomic E-state index is -0.504. The molecule has 3 aliphatic rings. The second-order valence-electron chi connectivity index (χ2n) is 10.00. The Morgan fingerprint density at radius 2 is 1.69 bits per heavy atom. The number of nitrogens with zero attached hydrogens (tertiary/aromatic N) is 5. The van der Waals surface area contributed by atoms with Crippen LogP contribution in [0.3, 0.4) is 0 Å². The minimum absolute atomic E-state index is 0.124. The van der Waals surface area contributed by atoms with Crippen LogP contribution in [-0.2, 0) is 4.79 Å². The summed E-state index contributed by atoms with van der Waals surface area (Å²) in [4.78, 5) is 37.1. The number of fused-ring (bicyclic) bond motifs is 2. The van der Waals surface area contributed by atoms with Crippen molar-refractivity contribution >= 4 is 40.7 Å². The fourth-order valence-electron chi connectivity index (χ4n) is 5.44. The van der Waals surface area contributed by atoms with Gasteiger partial charge >= 0.3 is 0 Å². The number of hydrogen-bond donors (Lipinski definition) is 2. The van der Waals surface area contributed by atoms with Gasteiger partial charge in [-0.05, 0) is 67.3 Å². The first-order chi connectivity index (χ1) is 18.9. The first kappa shape index (κ1) is 24.9. The molecule has 1 fully saturated rings. The van der Waals surface area contributed by atoms with Gasteiger partial charge < -0.3 is 15.5 Å². The van der Waals surface area contributed by atoms with E-state index in [1.165, 1.54) is 35.7 Å². The summed E-state index contributed by atoms with van der Waals surface area (Å²) in [5.41, 5.74) is 1.94.